The maximum atomic E-state index is 12.9. The van der Waals surface area contributed by atoms with Crippen molar-refractivity contribution < 1.29 is 9.53 Å². The monoisotopic (exact) mass is 408 g/mol. The quantitative estimate of drug-likeness (QED) is 0.645. The van der Waals surface area contributed by atoms with Crippen LogP contribution in [0.2, 0.25) is 0 Å². The first-order valence-corrected chi connectivity index (χ1v) is 10.4. The lowest BCUT2D eigenvalue weighted by molar-refractivity contribution is 0.0760. The number of nitrogens with zero attached hydrogens (tertiary/aromatic N) is 6. The first-order valence-electron chi connectivity index (χ1n) is 10.4. The smallest absolute Gasteiger partial charge is 0.350 e. The second-order valence-electron chi connectivity index (χ2n) is 7.77. The van der Waals surface area contributed by atoms with Crippen molar-refractivity contribution >= 4 is 23.1 Å². The number of rotatable bonds is 2. The molecule has 9 heteroatoms. The topological polar surface area (TPSA) is 85.0 Å². The molecule has 0 saturated carbocycles. The highest BCUT2D eigenvalue weighted by atomic mass is 16.5. The van der Waals surface area contributed by atoms with Crippen molar-refractivity contribution in [2.75, 3.05) is 31.1 Å². The number of hydrogen-bond donors (Lipinski definition) is 0. The highest BCUT2D eigenvalue weighted by molar-refractivity contribution is 5.95. The van der Waals surface area contributed by atoms with Crippen molar-refractivity contribution in [3.63, 3.8) is 0 Å². The van der Waals surface area contributed by atoms with Crippen LogP contribution in [0.15, 0.2) is 35.4 Å². The summed E-state index contributed by atoms with van der Waals surface area (Å²) in [5, 5.41) is 4.26. The molecule has 0 spiro atoms. The van der Waals surface area contributed by atoms with Crippen molar-refractivity contribution in [2.45, 2.75) is 25.7 Å². The second-order valence-corrected chi connectivity index (χ2v) is 7.77. The molecule has 9 nitrogen and oxygen atoms in total. The van der Waals surface area contributed by atoms with E-state index in [1.165, 1.54) is 21.9 Å². The summed E-state index contributed by atoms with van der Waals surface area (Å²) in [6.07, 6.45) is 7.80. The van der Waals surface area contributed by atoms with Gasteiger partial charge in [0.1, 0.15) is 6.61 Å². The van der Waals surface area contributed by atoms with Gasteiger partial charge in [-0.05, 0) is 25.0 Å². The van der Waals surface area contributed by atoms with Crippen LogP contribution < -0.4 is 15.3 Å². The fourth-order valence-corrected chi connectivity index (χ4v) is 4.16. The molecule has 2 aliphatic rings. The van der Waals surface area contributed by atoms with Gasteiger partial charge in [0, 0.05) is 44.3 Å². The van der Waals surface area contributed by atoms with Gasteiger partial charge in [-0.1, -0.05) is 12.8 Å². The zero-order chi connectivity index (χ0) is 20.7. The van der Waals surface area contributed by atoms with E-state index in [9.17, 15) is 9.59 Å². The minimum Gasteiger partial charge on any atom is -0.488 e. The van der Waals surface area contributed by atoms with E-state index in [1.54, 1.807) is 25.5 Å². The molecule has 5 heterocycles. The number of fused-ring (bicyclic) bond motifs is 2. The molecular weight excluding hydrogens is 384 g/mol. The minimum absolute atomic E-state index is 0.0159. The SMILES string of the molecule is Cn1nc2cc(N3CCOc4cc(C(=O)N5CCCCCC5)cnc43)ccn2c1=O. The van der Waals surface area contributed by atoms with Gasteiger partial charge < -0.3 is 14.5 Å². The second kappa shape index (κ2) is 7.47. The van der Waals surface area contributed by atoms with Gasteiger partial charge in [0.15, 0.2) is 17.2 Å². The van der Waals surface area contributed by atoms with Crippen LogP contribution in [0.5, 0.6) is 5.75 Å². The van der Waals surface area contributed by atoms with E-state index in [1.807, 2.05) is 21.9 Å². The summed E-state index contributed by atoms with van der Waals surface area (Å²) in [4.78, 5) is 33.5. The van der Waals surface area contributed by atoms with Gasteiger partial charge >= 0.3 is 5.69 Å². The number of carbonyl (C=O) groups is 1. The Morgan fingerprint density at radius 1 is 1.10 bits per heavy atom. The molecular formula is C21H24N6O3. The van der Waals surface area contributed by atoms with Crippen LogP contribution in [0.25, 0.3) is 5.65 Å². The zero-order valence-electron chi connectivity index (χ0n) is 17.0. The van der Waals surface area contributed by atoms with E-state index in [4.69, 9.17) is 4.74 Å². The molecule has 1 saturated heterocycles. The third-order valence-electron chi connectivity index (χ3n) is 5.77. The van der Waals surface area contributed by atoms with Crippen LogP contribution in [-0.4, -0.2) is 56.2 Å². The molecule has 0 N–H and O–H groups in total. The van der Waals surface area contributed by atoms with Crippen LogP contribution in [0.1, 0.15) is 36.0 Å². The number of likely N-dealkylation sites (tertiary alicyclic amines) is 1. The Balaban J connectivity index is 1.46. The fourth-order valence-electron chi connectivity index (χ4n) is 4.16. The summed E-state index contributed by atoms with van der Waals surface area (Å²) >= 11 is 0. The van der Waals surface area contributed by atoms with Crippen molar-refractivity contribution in [1.82, 2.24) is 24.1 Å². The maximum Gasteiger partial charge on any atom is 0.350 e. The molecule has 156 valence electrons. The lowest BCUT2D eigenvalue weighted by Crippen LogP contribution is -2.33. The summed E-state index contributed by atoms with van der Waals surface area (Å²) in [6, 6.07) is 5.52. The van der Waals surface area contributed by atoms with Gasteiger partial charge in [0.2, 0.25) is 0 Å². The van der Waals surface area contributed by atoms with Crippen LogP contribution >= 0.6 is 0 Å². The van der Waals surface area contributed by atoms with Crippen LogP contribution in [0, 0.1) is 0 Å². The van der Waals surface area contributed by atoms with Crippen LogP contribution in [0.4, 0.5) is 11.5 Å². The minimum atomic E-state index is -0.186. The Hall–Kier alpha value is -3.36. The van der Waals surface area contributed by atoms with Crippen molar-refractivity contribution in [2.24, 2.45) is 7.05 Å². The predicted molar refractivity (Wildman–Crippen MR) is 112 cm³/mol. The molecule has 3 aromatic rings. The van der Waals surface area contributed by atoms with Crippen molar-refractivity contribution in [3.8, 4) is 5.75 Å². The molecule has 0 unspecified atom stereocenters. The lowest BCUT2D eigenvalue weighted by Gasteiger charge is -2.30. The molecule has 0 aliphatic carbocycles. The van der Waals surface area contributed by atoms with Crippen molar-refractivity contribution in [3.05, 3.63) is 46.6 Å². The summed E-state index contributed by atoms with van der Waals surface area (Å²) in [5.74, 6) is 1.28. The third kappa shape index (κ3) is 3.20. The fraction of sp³-hybridized carbons (Fsp3) is 0.429. The van der Waals surface area contributed by atoms with Gasteiger partial charge in [-0.15, -0.1) is 0 Å². The molecule has 0 bridgehead atoms. The molecule has 2 aliphatic heterocycles. The highest BCUT2D eigenvalue weighted by Gasteiger charge is 2.25. The third-order valence-corrected chi connectivity index (χ3v) is 5.77. The van der Waals surface area contributed by atoms with Gasteiger partial charge in [-0.3, -0.25) is 9.20 Å². The van der Waals surface area contributed by atoms with E-state index in [-0.39, 0.29) is 11.6 Å². The molecule has 30 heavy (non-hydrogen) atoms. The average Bonchev–Trinajstić information content (AvgIpc) is 2.94. The number of carbonyl (C=O) groups excluding carboxylic acids is 1. The number of anilines is 2. The van der Waals surface area contributed by atoms with E-state index in [0.717, 1.165) is 31.6 Å². The summed E-state index contributed by atoms with van der Waals surface area (Å²) < 4.78 is 8.65. The zero-order valence-corrected chi connectivity index (χ0v) is 17.0. The Labute approximate surface area is 173 Å². The standard InChI is InChI=1S/C21H24N6O3/c1-24-21(29)27-9-6-16(13-18(27)23-24)26-10-11-30-17-12-15(14-22-19(17)26)20(28)25-7-4-2-3-5-8-25/h6,9,12-14H,2-5,7-8,10-11H2,1H3. The summed E-state index contributed by atoms with van der Waals surface area (Å²) in [7, 11) is 1.63. The summed E-state index contributed by atoms with van der Waals surface area (Å²) in [6.45, 7) is 2.70. The molecule has 5 rings (SSSR count). The molecule has 0 radical (unpaired) electrons. The number of aryl methyl sites for hydroxylation is 1. The Kier molecular flexibility index (Phi) is 4.65. The number of ether oxygens (including phenoxy) is 1. The van der Waals surface area contributed by atoms with Crippen molar-refractivity contribution in [1.29, 1.82) is 0 Å². The Morgan fingerprint density at radius 3 is 2.70 bits per heavy atom. The van der Waals surface area contributed by atoms with E-state index in [0.29, 0.717) is 35.9 Å². The highest BCUT2D eigenvalue weighted by Crippen LogP contribution is 2.35. The van der Waals surface area contributed by atoms with Crippen LogP contribution in [0.3, 0.4) is 0 Å². The van der Waals surface area contributed by atoms with Gasteiger partial charge in [-0.2, -0.15) is 5.10 Å². The number of aromatic nitrogens is 4. The first-order chi connectivity index (χ1) is 14.6. The van der Waals surface area contributed by atoms with Crippen LogP contribution in [-0.2, 0) is 7.05 Å². The molecule has 1 fully saturated rings. The van der Waals surface area contributed by atoms with Gasteiger partial charge in [0.05, 0.1) is 12.1 Å². The molecule has 0 atom stereocenters. The maximum absolute atomic E-state index is 12.9. The number of amides is 1. The lowest BCUT2D eigenvalue weighted by atomic mass is 10.2. The largest absolute Gasteiger partial charge is 0.488 e. The average molecular weight is 408 g/mol. The van der Waals surface area contributed by atoms with E-state index in [2.05, 4.69) is 10.1 Å². The predicted octanol–water partition coefficient (Wildman–Crippen LogP) is 1.97. The first kappa shape index (κ1) is 18.7. The molecule has 1 amide bonds. The summed E-state index contributed by atoms with van der Waals surface area (Å²) in [5.41, 5.74) is 1.82. The van der Waals surface area contributed by atoms with Gasteiger partial charge in [0.25, 0.3) is 5.91 Å². The number of pyridine rings is 2. The number of hydrogen-bond acceptors (Lipinski definition) is 6. The molecule has 0 aromatic carbocycles. The van der Waals surface area contributed by atoms with Gasteiger partial charge in [-0.25, -0.2) is 14.5 Å². The van der Waals surface area contributed by atoms with E-state index < -0.39 is 0 Å². The normalized spacial score (nSPS) is 16.8. The Morgan fingerprint density at radius 2 is 1.90 bits per heavy atom. The van der Waals surface area contributed by atoms with E-state index >= 15 is 0 Å². The molecule has 3 aromatic heterocycles. The Bertz CT molecular complexity index is 1160.